The second-order valence-corrected chi connectivity index (χ2v) is 5.77. The summed E-state index contributed by atoms with van der Waals surface area (Å²) in [6.45, 7) is 2.56. The van der Waals surface area contributed by atoms with Crippen LogP contribution in [0, 0.1) is 0 Å². The first kappa shape index (κ1) is 14.9. The van der Waals surface area contributed by atoms with Crippen LogP contribution in [0.3, 0.4) is 0 Å². The van der Waals surface area contributed by atoms with Gasteiger partial charge in [0, 0.05) is 18.7 Å². The van der Waals surface area contributed by atoms with Crippen molar-refractivity contribution in [1.29, 1.82) is 0 Å². The van der Waals surface area contributed by atoms with Gasteiger partial charge >= 0.3 is 0 Å². The van der Waals surface area contributed by atoms with Gasteiger partial charge in [-0.15, -0.1) is 0 Å². The van der Waals surface area contributed by atoms with Crippen molar-refractivity contribution in [3.05, 3.63) is 35.5 Å². The van der Waals surface area contributed by atoms with Gasteiger partial charge in [0.1, 0.15) is 18.0 Å². The monoisotopic (exact) mass is 320 g/mol. The SMILES string of the molecule is C[C@@H](N[C@@H]1CCc2ncnn2C1)C(=O)Nc1ccc(Cl)cn1. The molecule has 0 aromatic carbocycles. The van der Waals surface area contributed by atoms with Crippen LogP contribution in [0.1, 0.15) is 19.2 Å². The van der Waals surface area contributed by atoms with Gasteiger partial charge in [-0.2, -0.15) is 5.10 Å². The average molecular weight is 321 g/mol. The summed E-state index contributed by atoms with van der Waals surface area (Å²) in [6, 6.07) is 3.24. The number of aryl methyl sites for hydroxylation is 1. The number of nitrogens with zero attached hydrogens (tertiary/aromatic N) is 4. The average Bonchev–Trinajstić information content (AvgIpc) is 2.97. The van der Waals surface area contributed by atoms with E-state index < -0.39 is 0 Å². The van der Waals surface area contributed by atoms with Crippen LogP contribution in [-0.2, 0) is 17.8 Å². The van der Waals surface area contributed by atoms with Crippen molar-refractivity contribution < 1.29 is 4.79 Å². The van der Waals surface area contributed by atoms with Gasteiger partial charge in [0.15, 0.2) is 0 Å². The Morgan fingerprint density at radius 2 is 2.32 bits per heavy atom. The third kappa shape index (κ3) is 3.42. The molecule has 1 aliphatic rings. The molecule has 0 unspecified atom stereocenters. The molecule has 0 radical (unpaired) electrons. The van der Waals surface area contributed by atoms with Crippen LogP contribution in [0.15, 0.2) is 24.7 Å². The molecule has 7 nitrogen and oxygen atoms in total. The molecule has 1 amide bonds. The Labute approximate surface area is 133 Å². The molecule has 1 aliphatic heterocycles. The minimum absolute atomic E-state index is 0.126. The first-order valence-corrected chi connectivity index (χ1v) is 7.55. The maximum absolute atomic E-state index is 12.2. The Balaban J connectivity index is 1.54. The lowest BCUT2D eigenvalue weighted by Gasteiger charge is -2.26. The maximum atomic E-state index is 12.2. The lowest BCUT2D eigenvalue weighted by atomic mass is 10.1. The molecule has 0 saturated carbocycles. The molecule has 2 atom stereocenters. The predicted molar refractivity (Wildman–Crippen MR) is 82.6 cm³/mol. The van der Waals surface area contributed by atoms with Crippen molar-refractivity contribution in [2.45, 2.75) is 38.4 Å². The minimum Gasteiger partial charge on any atom is -0.309 e. The molecule has 3 heterocycles. The summed E-state index contributed by atoms with van der Waals surface area (Å²) >= 11 is 5.77. The largest absolute Gasteiger partial charge is 0.309 e. The Hall–Kier alpha value is -1.99. The summed E-state index contributed by atoms with van der Waals surface area (Å²) in [4.78, 5) is 20.4. The molecule has 0 fully saturated rings. The summed E-state index contributed by atoms with van der Waals surface area (Å²) in [5, 5.41) is 10.8. The highest BCUT2D eigenvalue weighted by Gasteiger charge is 2.23. The van der Waals surface area contributed by atoms with E-state index in [2.05, 4.69) is 25.7 Å². The highest BCUT2D eigenvalue weighted by Crippen LogP contribution is 2.13. The second kappa shape index (κ2) is 6.41. The highest BCUT2D eigenvalue weighted by molar-refractivity contribution is 6.30. The Morgan fingerprint density at radius 1 is 1.45 bits per heavy atom. The quantitative estimate of drug-likeness (QED) is 0.886. The van der Waals surface area contributed by atoms with Crippen LogP contribution in [0.2, 0.25) is 5.02 Å². The summed E-state index contributed by atoms with van der Waals surface area (Å²) in [7, 11) is 0. The zero-order valence-corrected chi connectivity index (χ0v) is 12.9. The molecule has 2 N–H and O–H groups in total. The van der Waals surface area contributed by atoms with Crippen LogP contribution in [0.5, 0.6) is 0 Å². The fourth-order valence-corrected chi connectivity index (χ4v) is 2.60. The summed E-state index contributed by atoms with van der Waals surface area (Å²) < 4.78 is 1.88. The molecule has 2 aromatic heterocycles. The van der Waals surface area contributed by atoms with E-state index in [1.54, 1.807) is 18.5 Å². The number of aromatic nitrogens is 4. The van der Waals surface area contributed by atoms with E-state index in [4.69, 9.17) is 11.6 Å². The molecule has 116 valence electrons. The van der Waals surface area contributed by atoms with Gasteiger partial charge in [-0.05, 0) is 25.5 Å². The third-order valence-electron chi connectivity index (χ3n) is 3.66. The molecule has 0 saturated heterocycles. The van der Waals surface area contributed by atoms with Gasteiger partial charge in [0.05, 0.1) is 17.6 Å². The van der Waals surface area contributed by atoms with Crippen LogP contribution in [0.4, 0.5) is 5.82 Å². The highest BCUT2D eigenvalue weighted by atomic mass is 35.5. The Bertz CT molecular complexity index is 656. The van der Waals surface area contributed by atoms with Crippen molar-refractivity contribution in [3.8, 4) is 0 Å². The second-order valence-electron chi connectivity index (χ2n) is 5.33. The third-order valence-corrected chi connectivity index (χ3v) is 3.89. The van der Waals surface area contributed by atoms with Crippen LogP contribution in [-0.4, -0.2) is 37.7 Å². The van der Waals surface area contributed by atoms with E-state index in [1.807, 2.05) is 11.6 Å². The molecule has 3 rings (SSSR count). The van der Waals surface area contributed by atoms with Crippen molar-refractivity contribution in [2.75, 3.05) is 5.32 Å². The topological polar surface area (TPSA) is 84.7 Å². The number of pyridine rings is 1. The summed E-state index contributed by atoms with van der Waals surface area (Å²) in [5.41, 5.74) is 0. The number of halogens is 1. The minimum atomic E-state index is -0.326. The number of carbonyl (C=O) groups is 1. The summed E-state index contributed by atoms with van der Waals surface area (Å²) in [6.07, 6.45) is 4.88. The number of hydrogen-bond acceptors (Lipinski definition) is 5. The lowest BCUT2D eigenvalue weighted by Crippen LogP contribution is -2.47. The van der Waals surface area contributed by atoms with Gasteiger partial charge < -0.3 is 10.6 Å². The number of fused-ring (bicyclic) bond motifs is 1. The number of nitrogens with one attached hydrogen (secondary N) is 2. The Morgan fingerprint density at radius 3 is 3.09 bits per heavy atom. The van der Waals surface area contributed by atoms with Gasteiger partial charge in [-0.3, -0.25) is 4.79 Å². The number of anilines is 1. The number of hydrogen-bond donors (Lipinski definition) is 2. The van der Waals surface area contributed by atoms with E-state index in [9.17, 15) is 4.79 Å². The van der Waals surface area contributed by atoms with Crippen molar-refractivity contribution in [2.24, 2.45) is 0 Å². The van der Waals surface area contributed by atoms with Gasteiger partial charge in [0.25, 0.3) is 0 Å². The fraction of sp³-hybridized carbons (Fsp3) is 0.429. The van der Waals surface area contributed by atoms with Gasteiger partial charge in [0.2, 0.25) is 5.91 Å². The Kier molecular flexibility index (Phi) is 4.35. The van der Waals surface area contributed by atoms with Crippen molar-refractivity contribution in [3.63, 3.8) is 0 Å². The lowest BCUT2D eigenvalue weighted by molar-refractivity contribution is -0.118. The van der Waals surface area contributed by atoms with Crippen LogP contribution < -0.4 is 10.6 Å². The zero-order valence-electron chi connectivity index (χ0n) is 12.2. The van der Waals surface area contributed by atoms with Gasteiger partial charge in [-0.25, -0.2) is 14.6 Å². The molecule has 0 aliphatic carbocycles. The number of carbonyl (C=O) groups excluding carboxylic acids is 1. The molecule has 0 bridgehead atoms. The zero-order chi connectivity index (χ0) is 15.5. The molecular formula is C14H17ClN6O. The standard InChI is InChI=1S/C14H17ClN6O/c1-9(14(22)20-12-4-2-10(15)6-16-12)19-11-3-5-13-17-8-18-21(13)7-11/h2,4,6,8-9,11,19H,3,5,7H2,1H3,(H,16,20,22)/t9-,11-/m1/s1. The van der Waals surface area contributed by atoms with Crippen LogP contribution in [0.25, 0.3) is 0 Å². The molecular weight excluding hydrogens is 304 g/mol. The summed E-state index contributed by atoms with van der Waals surface area (Å²) in [5.74, 6) is 1.37. The first-order valence-electron chi connectivity index (χ1n) is 7.17. The van der Waals surface area contributed by atoms with E-state index in [-0.39, 0.29) is 18.0 Å². The van der Waals surface area contributed by atoms with Crippen molar-refractivity contribution >= 4 is 23.3 Å². The predicted octanol–water partition coefficient (Wildman–Crippen LogP) is 1.26. The smallest absolute Gasteiger partial charge is 0.242 e. The van der Waals surface area contributed by atoms with Gasteiger partial charge in [-0.1, -0.05) is 11.6 Å². The normalized spacial score (nSPS) is 18.5. The van der Waals surface area contributed by atoms with E-state index in [0.29, 0.717) is 10.8 Å². The van der Waals surface area contributed by atoms with Crippen molar-refractivity contribution in [1.82, 2.24) is 25.1 Å². The molecule has 22 heavy (non-hydrogen) atoms. The molecule has 0 spiro atoms. The van der Waals surface area contributed by atoms with Crippen LogP contribution >= 0.6 is 11.6 Å². The number of rotatable bonds is 4. The van der Waals surface area contributed by atoms with E-state index in [1.165, 1.54) is 6.20 Å². The molecule has 2 aromatic rings. The maximum Gasteiger partial charge on any atom is 0.242 e. The van der Waals surface area contributed by atoms with E-state index in [0.717, 1.165) is 25.2 Å². The number of amides is 1. The van der Waals surface area contributed by atoms with E-state index >= 15 is 0 Å². The molecule has 8 heteroatoms. The first-order chi connectivity index (χ1) is 10.6. The fourth-order valence-electron chi connectivity index (χ4n) is 2.49.